The molecule has 1 aliphatic rings. The summed E-state index contributed by atoms with van der Waals surface area (Å²) in [6.07, 6.45) is 1.58. The molecule has 1 aliphatic heterocycles. The summed E-state index contributed by atoms with van der Waals surface area (Å²) < 4.78 is 11.3. The fourth-order valence-electron chi connectivity index (χ4n) is 2.31. The molecular formula is C15H23N3O2S. The van der Waals surface area contributed by atoms with Gasteiger partial charge < -0.3 is 10.6 Å². The van der Waals surface area contributed by atoms with Crippen molar-refractivity contribution < 1.29 is 9.00 Å². The first-order chi connectivity index (χ1) is 9.99. The molecular weight excluding hydrogens is 286 g/mol. The van der Waals surface area contributed by atoms with Gasteiger partial charge in [-0.05, 0) is 30.9 Å². The van der Waals surface area contributed by atoms with E-state index in [2.05, 4.69) is 29.5 Å². The maximum Gasteiger partial charge on any atom is 0.251 e. The molecule has 2 heterocycles. The number of aromatic nitrogens is 1. The second-order valence-electron chi connectivity index (χ2n) is 5.67. The van der Waals surface area contributed by atoms with Gasteiger partial charge in [-0.3, -0.25) is 9.00 Å². The standard InChI is InChI=1S/C15H23N3O2S/c1-10(2)13-8-11(9-14(16-3)18-13)15(19)17-12-4-6-21(20)7-5-12/h8-10,12H,4-7H2,1-3H3,(H,16,18)(H,17,19). The van der Waals surface area contributed by atoms with E-state index < -0.39 is 10.8 Å². The smallest absolute Gasteiger partial charge is 0.251 e. The summed E-state index contributed by atoms with van der Waals surface area (Å²) in [5, 5.41) is 6.04. The van der Waals surface area contributed by atoms with E-state index in [0.29, 0.717) is 22.9 Å². The van der Waals surface area contributed by atoms with Crippen LogP contribution in [-0.4, -0.2) is 39.7 Å². The molecule has 1 aromatic heterocycles. The van der Waals surface area contributed by atoms with E-state index in [1.807, 2.05) is 6.07 Å². The van der Waals surface area contributed by atoms with Crippen molar-refractivity contribution in [2.24, 2.45) is 0 Å². The maximum absolute atomic E-state index is 12.4. The van der Waals surface area contributed by atoms with Gasteiger partial charge in [-0.1, -0.05) is 13.8 Å². The summed E-state index contributed by atoms with van der Waals surface area (Å²) in [6, 6.07) is 3.74. The number of nitrogens with zero attached hydrogens (tertiary/aromatic N) is 1. The third kappa shape index (κ3) is 4.27. The quantitative estimate of drug-likeness (QED) is 0.891. The maximum atomic E-state index is 12.4. The summed E-state index contributed by atoms with van der Waals surface area (Å²) in [6.45, 7) is 4.11. The summed E-state index contributed by atoms with van der Waals surface area (Å²) in [5.41, 5.74) is 1.53. The average Bonchev–Trinajstić information content (AvgIpc) is 2.49. The molecule has 1 fully saturated rings. The Morgan fingerprint density at radius 3 is 2.57 bits per heavy atom. The van der Waals surface area contributed by atoms with Crippen LogP contribution in [0.1, 0.15) is 48.7 Å². The van der Waals surface area contributed by atoms with Crippen molar-refractivity contribution in [1.29, 1.82) is 0 Å². The summed E-state index contributed by atoms with van der Waals surface area (Å²) in [7, 11) is 1.09. The van der Waals surface area contributed by atoms with Crippen LogP contribution in [0.5, 0.6) is 0 Å². The number of nitrogens with one attached hydrogen (secondary N) is 2. The van der Waals surface area contributed by atoms with E-state index in [0.717, 1.165) is 18.5 Å². The monoisotopic (exact) mass is 309 g/mol. The molecule has 116 valence electrons. The van der Waals surface area contributed by atoms with Gasteiger partial charge in [0.05, 0.1) is 0 Å². The highest BCUT2D eigenvalue weighted by atomic mass is 32.2. The average molecular weight is 309 g/mol. The van der Waals surface area contributed by atoms with Crippen molar-refractivity contribution in [3.8, 4) is 0 Å². The number of hydrogen-bond acceptors (Lipinski definition) is 4. The van der Waals surface area contributed by atoms with Crippen LogP contribution in [0.2, 0.25) is 0 Å². The molecule has 0 spiro atoms. The van der Waals surface area contributed by atoms with Crippen molar-refractivity contribution >= 4 is 22.5 Å². The van der Waals surface area contributed by atoms with E-state index in [-0.39, 0.29) is 17.9 Å². The molecule has 0 atom stereocenters. The Morgan fingerprint density at radius 2 is 2.00 bits per heavy atom. The molecule has 0 radical (unpaired) electrons. The first kappa shape index (κ1) is 15.9. The van der Waals surface area contributed by atoms with Gasteiger partial charge in [0.1, 0.15) is 5.82 Å². The van der Waals surface area contributed by atoms with Gasteiger partial charge in [0, 0.05) is 46.7 Å². The Bertz CT molecular complexity index is 536. The van der Waals surface area contributed by atoms with Gasteiger partial charge in [0.15, 0.2) is 0 Å². The summed E-state index contributed by atoms with van der Waals surface area (Å²) in [5.74, 6) is 2.26. The second-order valence-corrected chi connectivity index (χ2v) is 7.36. The fraction of sp³-hybridized carbons (Fsp3) is 0.600. The van der Waals surface area contributed by atoms with E-state index in [9.17, 15) is 9.00 Å². The number of amides is 1. The third-order valence-corrected chi connectivity index (χ3v) is 5.06. The van der Waals surface area contributed by atoms with Crippen LogP contribution in [0, 0.1) is 0 Å². The lowest BCUT2D eigenvalue weighted by Crippen LogP contribution is -2.39. The Hall–Kier alpha value is -1.43. The van der Waals surface area contributed by atoms with Crippen molar-refractivity contribution in [3.05, 3.63) is 23.4 Å². The van der Waals surface area contributed by atoms with Gasteiger partial charge >= 0.3 is 0 Å². The number of pyridine rings is 1. The van der Waals surface area contributed by atoms with E-state index in [1.165, 1.54) is 0 Å². The molecule has 6 heteroatoms. The minimum absolute atomic E-state index is 0.0755. The molecule has 1 saturated heterocycles. The number of carbonyl (C=O) groups is 1. The molecule has 0 unspecified atom stereocenters. The van der Waals surface area contributed by atoms with Crippen molar-refractivity contribution in [2.45, 2.75) is 38.6 Å². The zero-order valence-electron chi connectivity index (χ0n) is 12.8. The van der Waals surface area contributed by atoms with Crippen LogP contribution in [0.25, 0.3) is 0 Å². The largest absolute Gasteiger partial charge is 0.373 e. The molecule has 1 aromatic rings. The van der Waals surface area contributed by atoms with Crippen molar-refractivity contribution in [2.75, 3.05) is 23.9 Å². The van der Waals surface area contributed by atoms with Gasteiger partial charge in [0.25, 0.3) is 5.91 Å². The molecule has 0 aliphatic carbocycles. The molecule has 0 saturated carbocycles. The summed E-state index contributed by atoms with van der Waals surface area (Å²) >= 11 is 0. The number of rotatable bonds is 4. The molecule has 1 amide bonds. The number of hydrogen-bond donors (Lipinski definition) is 2. The van der Waals surface area contributed by atoms with Crippen molar-refractivity contribution in [1.82, 2.24) is 10.3 Å². The van der Waals surface area contributed by atoms with Crippen LogP contribution in [0.4, 0.5) is 5.82 Å². The lowest BCUT2D eigenvalue weighted by molar-refractivity contribution is 0.0934. The van der Waals surface area contributed by atoms with Crippen LogP contribution in [0.15, 0.2) is 12.1 Å². The van der Waals surface area contributed by atoms with Gasteiger partial charge in [0.2, 0.25) is 0 Å². The Labute approximate surface area is 128 Å². The van der Waals surface area contributed by atoms with Gasteiger partial charge in [-0.25, -0.2) is 4.98 Å². The highest BCUT2D eigenvalue weighted by Gasteiger charge is 2.20. The van der Waals surface area contributed by atoms with Crippen LogP contribution in [0.3, 0.4) is 0 Å². The van der Waals surface area contributed by atoms with Crippen LogP contribution in [-0.2, 0) is 10.8 Å². The van der Waals surface area contributed by atoms with Crippen LogP contribution < -0.4 is 10.6 Å². The molecule has 2 rings (SSSR count). The van der Waals surface area contributed by atoms with E-state index in [4.69, 9.17) is 0 Å². The Balaban J connectivity index is 2.11. The minimum atomic E-state index is -0.706. The molecule has 0 aromatic carbocycles. The molecule has 2 N–H and O–H groups in total. The highest BCUT2D eigenvalue weighted by Crippen LogP contribution is 2.18. The lowest BCUT2D eigenvalue weighted by atomic mass is 10.1. The first-order valence-corrected chi connectivity index (χ1v) is 8.84. The van der Waals surface area contributed by atoms with E-state index >= 15 is 0 Å². The Morgan fingerprint density at radius 1 is 1.33 bits per heavy atom. The molecule has 21 heavy (non-hydrogen) atoms. The highest BCUT2D eigenvalue weighted by molar-refractivity contribution is 7.85. The summed E-state index contributed by atoms with van der Waals surface area (Å²) in [4.78, 5) is 16.9. The normalized spacial score (nSPS) is 22.1. The number of anilines is 1. The first-order valence-electron chi connectivity index (χ1n) is 7.35. The molecule has 0 bridgehead atoms. The second kappa shape index (κ2) is 7.02. The van der Waals surface area contributed by atoms with Gasteiger partial charge in [-0.15, -0.1) is 0 Å². The SMILES string of the molecule is CNc1cc(C(=O)NC2CCS(=O)CC2)cc(C(C)C)n1. The minimum Gasteiger partial charge on any atom is -0.373 e. The third-order valence-electron chi connectivity index (χ3n) is 3.68. The zero-order chi connectivity index (χ0) is 15.4. The van der Waals surface area contributed by atoms with Crippen molar-refractivity contribution in [3.63, 3.8) is 0 Å². The zero-order valence-corrected chi connectivity index (χ0v) is 13.6. The number of carbonyl (C=O) groups excluding carboxylic acids is 1. The van der Waals surface area contributed by atoms with Crippen LogP contribution >= 0.6 is 0 Å². The topological polar surface area (TPSA) is 71.1 Å². The van der Waals surface area contributed by atoms with Gasteiger partial charge in [-0.2, -0.15) is 0 Å². The fourth-order valence-corrected chi connectivity index (χ4v) is 3.61. The molecule has 5 nitrogen and oxygen atoms in total. The predicted octanol–water partition coefficient (Wildman–Crippen LogP) is 1.89. The lowest BCUT2D eigenvalue weighted by Gasteiger charge is -2.22. The van der Waals surface area contributed by atoms with E-state index in [1.54, 1.807) is 13.1 Å². The predicted molar refractivity (Wildman–Crippen MR) is 86.2 cm³/mol. The Kier molecular flexibility index (Phi) is 5.33.